The van der Waals surface area contributed by atoms with Gasteiger partial charge in [-0.15, -0.1) is 0 Å². The molecule has 1 saturated heterocycles. The minimum atomic E-state index is -5.61. The molecule has 0 radical (unpaired) electrons. The number of halogens is 3. The molecular formula is C16H13F3N2O6S2. The highest BCUT2D eigenvalue weighted by Crippen LogP contribution is 2.33. The van der Waals surface area contributed by atoms with Gasteiger partial charge in [0.2, 0.25) is 5.78 Å². The molecule has 13 heteroatoms. The van der Waals surface area contributed by atoms with Crippen molar-refractivity contribution in [2.24, 2.45) is 0 Å². The highest BCUT2D eigenvalue weighted by atomic mass is 32.2. The molecule has 1 aliphatic rings. The van der Waals surface area contributed by atoms with E-state index in [4.69, 9.17) is 0 Å². The molecule has 2 atom stereocenters. The number of benzene rings is 1. The number of carbonyl (C=O) groups excluding carboxylic acids is 1. The van der Waals surface area contributed by atoms with Crippen LogP contribution in [-0.2, 0) is 14.6 Å². The zero-order valence-corrected chi connectivity index (χ0v) is 16.0. The molecular weight excluding hydrogens is 437 g/mol. The van der Waals surface area contributed by atoms with Crippen LogP contribution >= 0.6 is 11.3 Å². The van der Waals surface area contributed by atoms with E-state index in [1.807, 2.05) is 0 Å². The molecule has 8 nitrogen and oxygen atoms in total. The number of carboxylic acid groups (broad SMARTS) is 1. The summed E-state index contributed by atoms with van der Waals surface area (Å²) in [6.07, 6.45) is 0.218. The summed E-state index contributed by atoms with van der Waals surface area (Å²) < 4.78 is 61.3. The Morgan fingerprint density at radius 1 is 1.28 bits per heavy atom. The van der Waals surface area contributed by atoms with E-state index >= 15 is 0 Å². The van der Waals surface area contributed by atoms with Gasteiger partial charge < -0.3 is 15.1 Å². The lowest BCUT2D eigenvalue weighted by molar-refractivity contribution is -0.138. The van der Waals surface area contributed by atoms with Gasteiger partial charge in [-0.3, -0.25) is 4.79 Å². The highest BCUT2D eigenvalue weighted by molar-refractivity contribution is 7.92. The number of aromatic nitrogens is 1. The number of alkyl halides is 3. The van der Waals surface area contributed by atoms with Gasteiger partial charge in [-0.1, -0.05) is 23.5 Å². The fourth-order valence-electron chi connectivity index (χ4n) is 2.84. The maximum atomic E-state index is 12.7. The monoisotopic (exact) mass is 450 g/mol. The topological polar surface area (TPSA) is 125 Å². The lowest BCUT2D eigenvalue weighted by Crippen LogP contribution is -2.35. The van der Waals surface area contributed by atoms with Crippen LogP contribution in [-0.4, -0.2) is 59.6 Å². The summed E-state index contributed by atoms with van der Waals surface area (Å²) in [4.78, 5) is 28.1. The normalized spacial score (nSPS) is 20.1. The molecule has 2 N–H and O–H groups in total. The van der Waals surface area contributed by atoms with E-state index in [1.165, 1.54) is 4.90 Å². The van der Waals surface area contributed by atoms with Crippen molar-refractivity contribution in [3.05, 3.63) is 40.9 Å². The lowest BCUT2D eigenvalue weighted by Gasteiger charge is -2.19. The number of sulfone groups is 1. The van der Waals surface area contributed by atoms with E-state index in [2.05, 4.69) is 4.98 Å². The van der Waals surface area contributed by atoms with Crippen LogP contribution in [0.15, 0.2) is 35.4 Å². The number of anilines is 1. The Morgan fingerprint density at radius 3 is 2.59 bits per heavy atom. The van der Waals surface area contributed by atoms with Crippen molar-refractivity contribution in [3.8, 4) is 0 Å². The summed E-state index contributed by atoms with van der Waals surface area (Å²) in [6.45, 7) is -0.00256. The average Bonchev–Trinajstić information content (AvgIpc) is 3.27. The van der Waals surface area contributed by atoms with E-state index < -0.39 is 44.1 Å². The van der Waals surface area contributed by atoms with Crippen LogP contribution in [0.4, 0.5) is 18.3 Å². The molecule has 1 fully saturated rings. The van der Waals surface area contributed by atoms with Crippen LogP contribution in [0.1, 0.15) is 21.7 Å². The third-order valence-corrected chi connectivity index (χ3v) is 6.76. The molecule has 1 aromatic heterocycles. The molecule has 0 aliphatic carbocycles. The predicted octanol–water partition coefficient (Wildman–Crippen LogP) is 1.69. The first-order valence-electron chi connectivity index (χ1n) is 8.01. The van der Waals surface area contributed by atoms with Crippen LogP contribution in [0.5, 0.6) is 0 Å². The van der Waals surface area contributed by atoms with E-state index in [9.17, 15) is 41.4 Å². The van der Waals surface area contributed by atoms with Gasteiger partial charge in [0.25, 0.3) is 9.84 Å². The molecule has 29 heavy (non-hydrogen) atoms. The van der Waals surface area contributed by atoms with Gasteiger partial charge in [0.15, 0.2) is 5.13 Å². The van der Waals surface area contributed by atoms with Gasteiger partial charge in [0.1, 0.15) is 6.04 Å². The van der Waals surface area contributed by atoms with Crippen molar-refractivity contribution in [2.45, 2.75) is 29.0 Å². The molecule has 3 rings (SSSR count). The number of aliphatic hydroxyl groups excluding tert-OH is 1. The maximum absolute atomic E-state index is 12.7. The number of ketones is 1. The maximum Gasteiger partial charge on any atom is 0.501 e. The molecule has 2 unspecified atom stereocenters. The summed E-state index contributed by atoms with van der Waals surface area (Å²) in [6, 6.07) is 2.52. The SMILES string of the molecule is O=C(c1cccc(S(=O)(=O)C(F)(F)F)c1)c1cnc(N2CC(O)CC2C(=O)O)s1. The second kappa shape index (κ2) is 7.39. The third-order valence-electron chi connectivity index (χ3n) is 4.24. The molecule has 2 heterocycles. The summed E-state index contributed by atoms with van der Waals surface area (Å²) in [5, 5.41) is 19.1. The first-order valence-corrected chi connectivity index (χ1v) is 10.3. The van der Waals surface area contributed by atoms with Crippen LogP contribution in [0.3, 0.4) is 0 Å². The quantitative estimate of drug-likeness (QED) is 0.660. The summed E-state index contributed by atoms with van der Waals surface area (Å²) in [5.41, 5.74) is -5.80. The van der Waals surface area contributed by atoms with Gasteiger partial charge >= 0.3 is 11.5 Å². The Labute approximate surface area is 166 Å². The lowest BCUT2D eigenvalue weighted by atomic mass is 10.1. The second-order valence-corrected chi connectivity index (χ2v) is 9.16. The van der Waals surface area contributed by atoms with E-state index in [0.29, 0.717) is 6.07 Å². The van der Waals surface area contributed by atoms with Crippen molar-refractivity contribution < 1.29 is 41.4 Å². The molecule has 0 saturated carbocycles. The summed E-state index contributed by atoms with van der Waals surface area (Å²) in [7, 11) is -5.61. The molecule has 156 valence electrons. The fourth-order valence-corrected chi connectivity index (χ4v) is 4.59. The molecule has 0 bridgehead atoms. The van der Waals surface area contributed by atoms with Crippen molar-refractivity contribution in [1.29, 1.82) is 0 Å². The number of carboxylic acids is 1. The third kappa shape index (κ3) is 3.97. The Kier molecular flexibility index (Phi) is 5.40. The number of nitrogens with zero attached hydrogens (tertiary/aromatic N) is 2. The van der Waals surface area contributed by atoms with Crippen LogP contribution in [0.2, 0.25) is 0 Å². The van der Waals surface area contributed by atoms with Crippen molar-refractivity contribution in [3.63, 3.8) is 0 Å². The number of hydrogen-bond acceptors (Lipinski definition) is 8. The standard InChI is InChI=1S/C16H13F3N2O6S2/c17-16(18,19)29(26,27)10-3-1-2-8(4-10)13(23)12-6-20-15(28-12)21-7-9(22)5-11(21)14(24)25/h1-4,6,9,11,22H,5,7H2,(H,24,25). The van der Waals surface area contributed by atoms with Crippen molar-refractivity contribution >= 4 is 38.1 Å². The largest absolute Gasteiger partial charge is 0.501 e. The Hall–Kier alpha value is -2.51. The molecule has 2 aromatic rings. The van der Waals surface area contributed by atoms with Crippen LogP contribution in [0.25, 0.3) is 0 Å². The predicted molar refractivity (Wildman–Crippen MR) is 94.6 cm³/mol. The fraction of sp³-hybridized carbons (Fsp3) is 0.312. The molecule has 0 amide bonds. The first-order chi connectivity index (χ1) is 13.4. The van der Waals surface area contributed by atoms with Gasteiger partial charge in [0, 0.05) is 18.5 Å². The Bertz CT molecular complexity index is 1070. The zero-order chi connectivity index (χ0) is 21.6. The number of thiazole rings is 1. The van der Waals surface area contributed by atoms with Gasteiger partial charge in [-0.05, 0) is 12.1 Å². The minimum Gasteiger partial charge on any atom is -0.480 e. The van der Waals surface area contributed by atoms with Crippen molar-refractivity contribution in [2.75, 3.05) is 11.4 Å². The number of β-amino-alcohol motifs (C(OH)–C–C–N with tert-alkyl or cyclic N) is 1. The van der Waals surface area contributed by atoms with E-state index in [0.717, 1.165) is 35.7 Å². The minimum absolute atomic E-state index is 0.00256. The number of aliphatic hydroxyl groups is 1. The number of carbonyl (C=O) groups is 2. The number of aliphatic carboxylic acids is 1. The van der Waals surface area contributed by atoms with Gasteiger partial charge in [0.05, 0.1) is 22.1 Å². The number of rotatable bonds is 5. The highest BCUT2D eigenvalue weighted by Gasteiger charge is 2.47. The van der Waals surface area contributed by atoms with Crippen molar-refractivity contribution in [1.82, 2.24) is 4.98 Å². The van der Waals surface area contributed by atoms with Gasteiger partial charge in [-0.2, -0.15) is 13.2 Å². The molecule has 1 aromatic carbocycles. The van der Waals surface area contributed by atoms with E-state index in [1.54, 1.807) is 0 Å². The van der Waals surface area contributed by atoms with Crippen LogP contribution in [0, 0.1) is 0 Å². The molecule has 1 aliphatic heterocycles. The first kappa shape index (κ1) is 21.2. The second-order valence-electron chi connectivity index (χ2n) is 6.21. The summed E-state index contributed by atoms with van der Waals surface area (Å²) >= 11 is 0.794. The Morgan fingerprint density at radius 2 is 1.97 bits per heavy atom. The zero-order valence-electron chi connectivity index (χ0n) is 14.3. The average molecular weight is 450 g/mol. The van der Waals surface area contributed by atoms with Gasteiger partial charge in [-0.25, -0.2) is 18.2 Å². The van der Waals surface area contributed by atoms with Crippen LogP contribution < -0.4 is 4.90 Å². The number of hydrogen-bond donors (Lipinski definition) is 2. The Balaban J connectivity index is 1.90. The van der Waals surface area contributed by atoms with E-state index in [-0.39, 0.29) is 28.5 Å². The summed E-state index contributed by atoms with van der Waals surface area (Å²) in [5.74, 6) is -1.94. The smallest absolute Gasteiger partial charge is 0.480 e. The molecule has 0 spiro atoms.